The summed E-state index contributed by atoms with van der Waals surface area (Å²) in [7, 11) is 1.31. The maximum atomic E-state index is 13.0. The SMILES string of the molecule is COC(=O)c1cccc(N2C(=O)[C@@H]3[C@@H]4C=C[C@@H]([C@@H]5C[C@H]45)[C@@H]3C2=O)c1. The summed E-state index contributed by atoms with van der Waals surface area (Å²) in [6, 6.07) is 6.56. The highest BCUT2D eigenvalue weighted by molar-refractivity contribution is 6.22. The third kappa shape index (κ3) is 1.62. The molecule has 5 heteroatoms. The van der Waals surface area contributed by atoms with Crippen LogP contribution in [0.4, 0.5) is 5.69 Å². The van der Waals surface area contributed by atoms with Crippen molar-refractivity contribution in [1.82, 2.24) is 0 Å². The number of methoxy groups -OCH3 is 1. The van der Waals surface area contributed by atoms with E-state index in [9.17, 15) is 14.4 Å². The highest BCUT2D eigenvalue weighted by Gasteiger charge is 2.67. The van der Waals surface area contributed by atoms with E-state index in [1.807, 2.05) is 0 Å². The van der Waals surface area contributed by atoms with Crippen LogP contribution in [0.2, 0.25) is 0 Å². The van der Waals surface area contributed by atoms with Gasteiger partial charge in [0.05, 0.1) is 30.2 Å². The maximum absolute atomic E-state index is 13.0. The lowest BCUT2D eigenvalue weighted by atomic mass is 9.63. The van der Waals surface area contributed by atoms with Gasteiger partial charge in [-0.2, -0.15) is 0 Å². The Labute approximate surface area is 139 Å². The zero-order valence-electron chi connectivity index (χ0n) is 13.2. The molecule has 2 saturated carbocycles. The molecule has 2 amide bonds. The fourth-order valence-electron chi connectivity index (χ4n) is 5.10. The van der Waals surface area contributed by atoms with Gasteiger partial charge < -0.3 is 4.74 Å². The minimum absolute atomic E-state index is 0.114. The summed E-state index contributed by atoms with van der Waals surface area (Å²) in [5, 5.41) is 0. The summed E-state index contributed by atoms with van der Waals surface area (Å²) in [6.45, 7) is 0. The van der Waals surface area contributed by atoms with Crippen LogP contribution < -0.4 is 4.90 Å². The summed E-state index contributed by atoms with van der Waals surface area (Å²) in [5.41, 5.74) is 0.810. The molecule has 1 aromatic rings. The number of amides is 2. The van der Waals surface area contributed by atoms with Gasteiger partial charge in [-0.1, -0.05) is 18.2 Å². The van der Waals surface area contributed by atoms with E-state index in [2.05, 4.69) is 12.2 Å². The number of allylic oxidation sites excluding steroid dienone is 2. The van der Waals surface area contributed by atoms with Crippen molar-refractivity contribution in [1.29, 1.82) is 0 Å². The number of nitrogens with zero attached hydrogens (tertiary/aromatic N) is 1. The largest absolute Gasteiger partial charge is 0.465 e. The van der Waals surface area contributed by atoms with E-state index in [4.69, 9.17) is 4.74 Å². The Kier molecular flexibility index (Phi) is 2.65. The highest BCUT2D eigenvalue weighted by Crippen LogP contribution is 2.65. The molecule has 2 bridgehead atoms. The van der Waals surface area contributed by atoms with Crippen LogP contribution in [0.25, 0.3) is 0 Å². The van der Waals surface area contributed by atoms with Gasteiger partial charge in [0.15, 0.2) is 0 Å². The Morgan fingerprint density at radius 1 is 1.08 bits per heavy atom. The average molecular weight is 323 g/mol. The first-order chi connectivity index (χ1) is 11.6. The summed E-state index contributed by atoms with van der Waals surface area (Å²) >= 11 is 0. The molecule has 3 fully saturated rings. The van der Waals surface area contributed by atoms with Crippen molar-refractivity contribution in [2.75, 3.05) is 12.0 Å². The number of hydrogen-bond donors (Lipinski definition) is 0. The molecule has 122 valence electrons. The quantitative estimate of drug-likeness (QED) is 0.475. The van der Waals surface area contributed by atoms with E-state index in [-0.39, 0.29) is 35.5 Å². The maximum Gasteiger partial charge on any atom is 0.337 e. The number of imide groups is 1. The van der Waals surface area contributed by atoms with Crippen molar-refractivity contribution in [3.8, 4) is 0 Å². The fourth-order valence-corrected chi connectivity index (χ4v) is 5.10. The number of esters is 1. The van der Waals surface area contributed by atoms with Crippen LogP contribution in [-0.4, -0.2) is 24.9 Å². The van der Waals surface area contributed by atoms with Gasteiger partial charge in [-0.25, -0.2) is 9.69 Å². The molecule has 0 radical (unpaired) electrons. The van der Waals surface area contributed by atoms with Crippen LogP contribution in [0.5, 0.6) is 0 Å². The molecule has 1 aromatic carbocycles. The van der Waals surface area contributed by atoms with E-state index in [1.165, 1.54) is 12.0 Å². The molecular weight excluding hydrogens is 306 g/mol. The number of ether oxygens (including phenoxy) is 1. The third-order valence-corrected chi connectivity index (χ3v) is 6.19. The second kappa shape index (κ2) is 4.56. The predicted molar refractivity (Wildman–Crippen MR) is 85.0 cm³/mol. The van der Waals surface area contributed by atoms with Crippen LogP contribution in [0.3, 0.4) is 0 Å². The van der Waals surface area contributed by atoms with E-state index in [0.717, 1.165) is 6.42 Å². The Hall–Kier alpha value is -2.43. The standard InChI is InChI=1S/C19H17NO4/c1-24-19(23)9-3-2-4-10(7-9)20-17(21)15-11-5-6-12(14-8-13(11)14)16(15)18(20)22/h2-7,11-16H,8H2,1H3/t11-,12+,13-,14+,15-,16+. The molecule has 4 aliphatic carbocycles. The van der Waals surface area contributed by atoms with Gasteiger partial charge in [0.25, 0.3) is 0 Å². The molecule has 24 heavy (non-hydrogen) atoms. The summed E-state index contributed by atoms with van der Waals surface area (Å²) < 4.78 is 4.73. The molecule has 0 unspecified atom stereocenters. The van der Waals surface area contributed by atoms with E-state index in [1.54, 1.807) is 24.3 Å². The lowest BCUT2D eigenvalue weighted by Gasteiger charge is -2.37. The normalized spacial score (nSPS) is 38.1. The lowest BCUT2D eigenvalue weighted by Crippen LogP contribution is -2.40. The van der Waals surface area contributed by atoms with Crippen molar-refractivity contribution in [2.24, 2.45) is 35.5 Å². The molecule has 6 atom stereocenters. The Morgan fingerprint density at radius 3 is 2.29 bits per heavy atom. The zero-order valence-corrected chi connectivity index (χ0v) is 13.2. The molecule has 1 heterocycles. The molecule has 0 aromatic heterocycles. The second-order valence-electron chi connectivity index (χ2n) is 7.21. The van der Waals surface area contributed by atoms with Crippen molar-refractivity contribution in [2.45, 2.75) is 6.42 Å². The first-order valence-corrected chi connectivity index (χ1v) is 8.36. The van der Waals surface area contributed by atoms with E-state index < -0.39 is 5.97 Å². The Balaban J connectivity index is 1.54. The van der Waals surface area contributed by atoms with E-state index >= 15 is 0 Å². The van der Waals surface area contributed by atoms with Gasteiger partial charge in [0, 0.05) is 0 Å². The first kappa shape index (κ1) is 14.0. The summed E-state index contributed by atoms with van der Waals surface area (Å²) in [4.78, 5) is 39.0. The number of carbonyl (C=O) groups is 3. The van der Waals surface area contributed by atoms with Crippen LogP contribution in [0, 0.1) is 35.5 Å². The van der Waals surface area contributed by atoms with Gasteiger partial charge in [-0.15, -0.1) is 0 Å². The molecule has 5 aliphatic rings. The summed E-state index contributed by atoms with van der Waals surface area (Å²) in [6.07, 6.45) is 5.45. The van der Waals surface area contributed by atoms with Gasteiger partial charge in [0.1, 0.15) is 0 Å². The van der Waals surface area contributed by atoms with E-state index in [0.29, 0.717) is 23.1 Å². The predicted octanol–water partition coefficient (Wildman–Crippen LogP) is 2.03. The van der Waals surface area contributed by atoms with Crippen molar-refractivity contribution >= 4 is 23.5 Å². The van der Waals surface area contributed by atoms with Crippen molar-refractivity contribution < 1.29 is 19.1 Å². The van der Waals surface area contributed by atoms with Crippen molar-refractivity contribution in [3.63, 3.8) is 0 Å². The fraction of sp³-hybridized carbons (Fsp3) is 0.421. The number of carbonyl (C=O) groups excluding carboxylic acids is 3. The Morgan fingerprint density at radius 2 is 1.71 bits per heavy atom. The molecule has 1 aliphatic heterocycles. The second-order valence-corrected chi connectivity index (χ2v) is 7.21. The van der Waals surface area contributed by atoms with Crippen LogP contribution in [0.15, 0.2) is 36.4 Å². The van der Waals surface area contributed by atoms with Gasteiger partial charge >= 0.3 is 5.97 Å². The van der Waals surface area contributed by atoms with Gasteiger partial charge in [-0.3, -0.25) is 9.59 Å². The van der Waals surface area contributed by atoms with Gasteiger partial charge in [0.2, 0.25) is 11.8 Å². The molecule has 0 spiro atoms. The molecule has 5 nitrogen and oxygen atoms in total. The number of hydrogen-bond acceptors (Lipinski definition) is 4. The third-order valence-electron chi connectivity index (χ3n) is 6.19. The average Bonchev–Trinajstić information content (AvgIpc) is 3.38. The topological polar surface area (TPSA) is 63.7 Å². The summed E-state index contributed by atoms with van der Waals surface area (Å²) in [5.74, 6) is 0.421. The molecule has 0 N–H and O–H groups in total. The lowest BCUT2D eigenvalue weighted by molar-refractivity contribution is -0.124. The smallest absolute Gasteiger partial charge is 0.337 e. The minimum atomic E-state index is -0.476. The van der Waals surface area contributed by atoms with Gasteiger partial charge in [-0.05, 0) is 48.3 Å². The molecule has 1 saturated heterocycles. The molecule has 6 rings (SSSR count). The first-order valence-electron chi connectivity index (χ1n) is 8.36. The highest BCUT2D eigenvalue weighted by atomic mass is 16.5. The zero-order chi connectivity index (χ0) is 16.6. The molecular formula is C19H17NO4. The van der Waals surface area contributed by atoms with Crippen LogP contribution in [0.1, 0.15) is 16.8 Å². The van der Waals surface area contributed by atoms with Crippen LogP contribution >= 0.6 is 0 Å². The number of rotatable bonds is 2. The van der Waals surface area contributed by atoms with Crippen molar-refractivity contribution in [3.05, 3.63) is 42.0 Å². The minimum Gasteiger partial charge on any atom is -0.465 e. The Bertz CT molecular complexity index is 777. The number of benzene rings is 1. The monoisotopic (exact) mass is 323 g/mol. The number of anilines is 1. The van der Waals surface area contributed by atoms with Crippen LogP contribution in [-0.2, 0) is 14.3 Å².